The van der Waals surface area contributed by atoms with Crippen LogP contribution in [0.3, 0.4) is 0 Å². The summed E-state index contributed by atoms with van der Waals surface area (Å²) in [6, 6.07) is 22.6. The second-order valence-electron chi connectivity index (χ2n) is 8.03. The number of anilines is 1. The predicted molar refractivity (Wildman–Crippen MR) is 124 cm³/mol. The van der Waals surface area contributed by atoms with Crippen molar-refractivity contribution in [1.29, 1.82) is 0 Å². The van der Waals surface area contributed by atoms with Crippen molar-refractivity contribution in [2.75, 3.05) is 10.6 Å². The summed E-state index contributed by atoms with van der Waals surface area (Å²) in [5, 5.41) is 0. The van der Waals surface area contributed by atoms with E-state index in [2.05, 4.69) is 6.07 Å². The number of hydrogen-bond acceptors (Lipinski definition) is 3. The number of rotatable bonds is 3. The minimum atomic E-state index is -3.67. The number of allylic oxidation sites excluding steroid dienone is 2. The van der Waals surface area contributed by atoms with Crippen LogP contribution < -0.4 is 4.31 Å². The normalized spacial score (nSPS) is 19.2. The van der Waals surface area contributed by atoms with Crippen LogP contribution in [0.2, 0.25) is 0 Å². The largest absolute Gasteiger partial charge is 0.289 e. The van der Waals surface area contributed by atoms with Gasteiger partial charge in [-0.1, -0.05) is 72.3 Å². The number of ketones is 1. The standard InChI is InChI=1S/C26H21NO3S/c1-18-12-13-22-19(16-18)17-25(27(31(2,29)30)20-8-4-3-5-9-20)26(22)15-14-24(28)21-10-6-7-11-23(21)26/h3-17H,1-2H3/t26-/m0/s1. The molecule has 3 aromatic carbocycles. The first-order valence-electron chi connectivity index (χ1n) is 10.0. The van der Waals surface area contributed by atoms with Crippen molar-refractivity contribution >= 4 is 27.6 Å². The predicted octanol–water partition coefficient (Wildman–Crippen LogP) is 4.85. The van der Waals surface area contributed by atoms with E-state index in [0.717, 1.165) is 22.3 Å². The summed E-state index contributed by atoms with van der Waals surface area (Å²) in [5.74, 6) is -0.0771. The van der Waals surface area contributed by atoms with E-state index in [1.165, 1.54) is 10.6 Å². The quantitative estimate of drug-likeness (QED) is 0.600. The van der Waals surface area contributed by atoms with Gasteiger partial charge in [-0.05, 0) is 47.9 Å². The summed E-state index contributed by atoms with van der Waals surface area (Å²) in [4.78, 5) is 12.7. The van der Waals surface area contributed by atoms with Crippen molar-refractivity contribution < 1.29 is 13.2 Å². The van der Waals surface area contributed by atoms with Gasteiger partial charge in [0.1, 0.15) is 0 Å². The first kappa shape index (κ1) is 19.5. The Morgan fingerprint density at radius 3 is 2.32 bits per heavy atom. The molecular weight excluding hydrogens is 406 g/mol. The molecule has 1 spiro atoms. The van der Waals surface area contributed by atoms with Crippen LogP contribution in [0, 0.1) is 6.92 Å². The molecule has 0 heterocycles. The van der Waals surface area contributed by atoms with Gasteiger partial charge in [-0.2, -0.15) is 0 Å². The van der Waals surface area contributed by atoms with Crippen LogP contribution in [0.25, 0.3) is 6.08 Å². The Kier molecular flexibility index (Phi) is 4.27. The molecule has 0 unspecified atom stereocenters. The fraction of sp³-hybridized carbons (Fsp3) is 0.115. The number of hydrogen-bond donors (Lipinski definition) is 0. The van der Waals surface area contributed by atoms with Crippen LogP contribution in [0.4, 0.5) is 5.69 Å². The van der Waals surface area contributed by atoms with Gasteiger partial charge in [0.15, 0.2) is 5.78 Å². The summed E-state index contributed by atoms with van der Waals surface area (Å²) in [6.45, 7) is 2.01. The maximum atomic E-state index is 13.1. The third-order valence-electron chi connectivity index (χ3n) is 5.97. The molecule has 4 nitrogen and oxygen atoms in total. The van der Waals surface area contributed by atoms with Gasteiger partial charge in [-0.15, -0.1) is 0 Å². The molecule has 2 aliphatic carbocycles. The Morgan fingerprint density at radius 1 is 0.871 bits per heavy atom. The lowest BCUT2D eigenvalue weighted by Gasteiger charge is -2.39. The molecule has 154 valence electrons. The van der Waals surface area contributed by atoms with Crippen molar-refractivity contribution in [2.24, 2.45) is 0 Å². The van der Waals surface area contributed by atoms with Gasteiger partial charge >= 0.3 is 0 Å². The summed E-state index contributed by atoms with van der Waals surface area (Å²) in [5.41, 5.74) is 4.66. The molecule has 0 fully saturated rings. The maximum absolute atomic E-state index is 13.1. The second kappa shape index (κ2) is 6.79. The first-order chi connectivity index (χ1) is 14.8. The number of nitrogens with zero attached hydrogens (tertiary/aromatic N) is 1. The SMILES string of the molecule is Cc1ccc2c(c1)C=C(N(c1ccccc1)S(C)(=O)=O)[C@@]21C=CC(=O)c2ccccc21. The van der Waals surface area contributed by atoms with E-state index in [9.17, 15) is 13.2 Å². The highest BCUT2D eigenvalue weighted by Gasteiger charge is 2.49. The number of carbonyl (C=O) groups excluding carboxylic acids is 1. The van der Waals surface area contributed by atoms with Crippen LogP contribution in [-0.4, -0.2) is 20.5 Å². The van der Waals surface area contributed by atoms with Gasteiger partial charge in [0.25, 0.3) is 0 Å². The highest BCUT2D eigenvalue weighted by Crippen LogP contribution is 2.53. The smallest absolute Gasteiger partial charge is 0.236 e. The Bertz CT molecular complexity index is 1390. The number of para-hydroxylation sites is 1. The third kappa shape index (κ3) is 2.88. The molecule has 3 aromatic rings. The van der Waals surface area contributed by atoms with Crippen molar-refractivity contribution in [2.45, 2.75) is 12.3 Å². The molecule has 0 N–H and O–H groups in total. The highest BCUT2D eigenvalue weighted by molar-refractivity contribution is 7.92. The first-order valence-corrected chi connectivity index (χ1v) is 11.9. The van der Waals surface area contributed by atoms with Gasteiger partial charge < -0.3 is 0 Å². The zero-order chi connectivity index (χ0) is 21.8. The van der Waals surface area contributed by atoms with Crippen molar-refractivity contribution in [1.82, 2.24) is 0 Å². The van der Waals surface area contributed by atoms with Crippen molar-refractivity contribution in [3.63, 3.8) is 0 Å². The molecule has 0 aliphatic heterocycles. The van der Waals surface area contributed by atoms with E-state index in [-0.39, 0.29) is 5.78 Å². The van der Waals surface area contributed by atoms with Crippen LogP contribution in [-0.2, 0) is 15.4 Å². The summed E-state index contributed by atoms with van der Waals surface area (Å²) in [6.07, 6.45) is 6.57. The van der Waals surface area contributed by atoms with Crippen molar-refractivity contribution in [3.05, 3.63) is 118 Å². The monoisotopic (exact) mass is 427 g/mol. The molecule has 0 saturated heterocycles. The Labute approximate surface area is 182 Å². The molecule has 0 bridgehead atoms. The Balaban J connectivity index is 1.88. The number of benzene rings is 3. The average molecular weight is 428 g/mol. The number of fused-ring (bicyclic) bond motifs is 4. The van der Waals surface area contributed by atoms with Crippen LogP contribution in [0.1, 0.15) is 32.6 Å². The highest BCUT2D eigenvalue weighted by atomic mass is 32.2. The number of sulfonamides is 1. The van der Waals surface area contributed by atoms with Crippen LogP contribution >= 0.6 is 0 Å². The Morgan fingerprint density at radius 2 is 1.58 bits per heavy atom. The second-order valence-corrected chi connectivity index (χ2v) is 9.87. The van der Waals surface area contributed by atoms with E-state index < -0.39 is 15.4 Å². The van der Waals surface area contributed by atoms with E-state index in [0.29, 0.717) is 16.9 Å². The van der Waals surface area contributed by atoms with Crippen LogP contribution in [0.15, 0.2) is 90.6 Å². The molecule has 31 heavy (non-hydrogen) atoms. The molecule has 5 rings (SSSR count). The van der Waals surface area contributed by atoms with Gasteiger partial charge in [0.2, 0.25) is 10.0 Å². The average Bonchev–Trinajstić information content (AvgIpc) is 3.04. The molecule has 0 amide bonds. The zero-order valence-corrected chi connectivity index (χ0v) is 18.1. The molecule has 2 aliphatic rings. The summed E-state index contributed by atoms with van der Waals surface area (Å²) in [7, 11) is -3.67. The van der Waals surface area contributed by atoms with Gasteiger partial charge in [-0.25, -0.2) is 12.7 Å². The lowest BCUT2D eigenvalue weighted by atomic mass is 9.69. The van der Waals surface area contributed by atoms with Gasteiger partial charge in [0.05, 0.1) is 23.1 Å². The number of aryl methyl sites for hydroxylation is 1. The lowest BCUT2D eigenvalue weighted by Crippen LogP contribution is -2.41. The number of carbonyl (C=O) groups is 1. The van der Waals surface area contributed by atoms with Crippen LogP contribution in [0.5, 0.6) is 0 Å². The third-order valence-corrected chi connectivity index (χ3v) is 7.04. The summed E-state index contributed by atoms with van der Waals surface area (Å²) < 4.78 is 27.7. The van der Waals surface area contributed by atoms with Gasteiger partial charge in [-0.3, -0.25) is 4.79 Å². The molecular formula is C26H21NO3S. The lowest BCUT2D eigenvalue weighted by molar-refractivity contribution is 0.104. The van der Waals surface area contributed by atoms with E-state index in [1.54, 1.807) is 24.3 Å². The topological polar surface area (TPSA) is 54.5 Å². The van der Waals surface area contributed by atoms with E-state index in [4.69, 9.17) is 0 Å². The van der Waals surface area contributed by atoms with E-state index in [1.807, 2.05) is 67.6 Å². The van der Waals surface area contributed by atoms with Crippen molar-refractivity contribution in [3.8, 4) is 0 Å². The molecule has 1 atom stereocenters. The fourth-order valence-corrected chi connectivity index (χ4v) is 5.79. The minimum Gasteiger partial charge on any atom is -0.289 e. The fourth-order valence-electron chi connectivity index (χ4n) is 4.73. The molecule has 0 saturated carbocycles. The Hall–Kier alpha value is -3.44. The molecule has 0 aromatic heterocycles. The summed E-state index contributed by atoms with van der Waals surface area (Å²) >= 11 is 0. The van der Waals surface area contributed by atoms with Gasteiger partial charge in [0, 0.05) is 5.56 Å². The zero-order valence-electron chi connectivity index (χ0n) is 17.2. The molecule has 0 radical (unpaired) electrons. The molecule has 5 heteroatoms. The minimum absolute atomic E-state index is 0.0771. The maximum Gasteiger partial charge on any atom is 0.236 e. The van der Waals surface area contributed by atoms with E-state index >= 15 is 0 Å².